The second-order valence-corrected chi connectivity index (χ2v) is 5.87. The van der Waals surface area contributed by atoms with Gasteiger partial charge in [-0.15, -0.1) is 15.3 Å². The van der Waals surface area contributed by atoms with Crippen molar-refractivity contribution in [1.29, 1.82) is 0 Å². The molecule has 0 amide bonds. The first-order chi connectivity index (χ1) is 11.0. The fourth-order valence-electron chi connectivity index (χ4n) is 2.27. The van der Waals surface area contributed by atoms with Gasteiger partial charge in [0.05, 0.1) is 0 Å². The van der Waals surface area contributed by atoms with Crippen LogP contribution in [0.25, 0.3) is 23.7 Å². The molecule has 0 unspecified atom stereocenters. The van der Waals surface area contributed by atoms with Crippen LogP contribution in [0.2, 0.25) is 0 Å². The normalized spacial score (nSPS) is 11.7. The molecule has 0 saturated heterocycles. The van der Waals surface area contributed by atoms with Crippen molar-refractivity contribution in [3.63, 3.8) is 0 Å². The lowest BCUT2D eigenvalue weighted by Gasteiger charge is -2.00. The Morgan fingerprint density at radius 2 is 1.83 bits per heavy atom. The van der Waals surface area contributed by atoms with E-state index in [-0.39, 0.29) is 5.92 Å². The summed E-state index contributed by atoms with van der Waals surface area (Å²) in [6, 6.07) is 6.27. The van der Waals surface area contributed by atoms with Crippen LogP contribution in [0.1, 0.15) is 42.7 Å². The molecular weight excluding hydrogens is 290 g/mol. The predicted octanol–water partition coefficient (Wildman–Crippen LogP) is 3.70. The number of rotatable bonds is 4. The third-order valence-electron chi connectivity index (χ3n) is 3.31. The predicted molar refractivity (Wildman–Crippen MR) is 88.5 cm³/mol. The standard InChI is InChI=1S/C17H19N5O/c1-11(2)17-20-19-15(23-17)5-6-22-10-18-16(21-22)14-8-12(3)7-13(4)9-14/h5-11H,1-4H3/b6-5-. The summed E-state index contributed by atoms with van der Waals surface area (Å²) in [7, 11) is 0. The van der Waals surface area contributed by atoms with E-state index in [1.807, 2.05) is 13.8 Å². The van der Waals surface area contributed by atoms with Crippen LogP contribution in [0.15, 0.2) is 28.9 Å². The van der Waals surface area contributed by atoms with Crippen LogP contribution in [-0.4, -0.2) is 25.0 Å². The monoisotopic (exact) mass is 309 g/mol. The first kappa shape index (κ1) is 15.1. The Kier molecular flexibility index (Phi) is 4.06. The summed E-state index contributed by atoms with van der Waals surface area (Å²) in [6.45, 7) is 8.15. The molecular formula is C17H19N5O. The largest absolute Gasteiger partial charge is 0.421 e. The Hall–Kier alpha value is -2.76. The van der Waals surface area contributed by atoms with Gasteiger partial charge in [-0.1, -0.05) is 31.0 Å². The Bertz CT molecular complexity index is 824. The van der Waals surface area contributed by atoms with Crippen LogP contribution in [0.5, 0.6) is 0 Å². The van der Waals surface area contributed by atoms with Crippen LogP contribution in [-0.2, 0) is 0 Å². The van der Waals surface area contributed by atoms with Crippen molar-refractivity contribution in [2.75, 3.05) is 0 Å². The minimum Gasteiger partial charge on any atom is -0.421 e. The van der Waals surface area contributed by atoms with Gasteiger partial charge in [0.25, 0.3) is 0 Å². The third-order valence-corrected chi connectivity index (χ3v) is 3.31. The van der Waals surface area contributed by atoms with Crippen molar-refractivity contribution in [2.45, 2.75) is 33.6 Å². The Morgan fingerprint density at radius 1 is 1.09 bits per heavy atom. The molecule has 2 aromatic heterocycles. The van der Waals surface area contributed by atoms with Crippen molar-refractivity contribution in [2.24, 2.45) is 0 Å². The molecule has 0 aliphatic heterocycles. The van der Waals surface area contributed by atoms with E-state index >= 15 is 0 Å². The van der Waals surface area contributed by atoms with Crippen LogP contribution in [0, 0.1) is 13.8 Å². The highest BCUT2D eigenvalue weighted by Crippen LogP contribution is 2.18. The molecule has 0 saturated carbocycles. The summed E-state index contributed by atoms with van der Waals surface area (Å²) in [5.74, 6) is 1.98. The number of aromatic nitrogens is 5. The Labute approximate surface area is 134 Å². The lowest BCUT2D eigenvalue weighted by Crippen LogP contribution is -1.89. The SMILES string of the molecule is Cc1cc(C)cc(-c2ncn(/C=C\c3nnc(C(C)C)o3)n2)c1. The van der Waals surface area contributed by atoms with E-state index < -0.39 is 0 Å². The zero-order chi connectivity index (χ0) is 16.4. The molecule has 3 aromatic rings. The molecule has 23 heavy (non-hydrogen) atoms. The quantitative estimate of drug-likeness (QED) is 0.735. The Morgan fingerprint density at radius 3 is 2.48 bits per heavy atom. The van der Waals surface area contributed by atoms with Gasteiger partial charge in [0.2, 0.25) is 11.8 Å². The average molecular weight is 309 g/mol. The fraction of sp³-hybridized carbons (Fsp3) is 0.294. The molecule has 0 radical (unpaired) electrons. The van der Waals surface area contributed by atoms with Gasteiger partial charge in [0, 0.05) is 23.8 Å². The molecule has 0 aliphatic rings. The average Bonchev–Trinajstić information content (AvgIpc) is 3.13. The van der Waals surface area contributed by atoms with Crippen molar-refractivity contribution in [3.8, 4) is 11.4 Å². The van der Waals surface area contributed by atoms with Gasteiger partial charge in [-0.2, -0.15) is 0 Å². The third kappa shape index (κ3) is 3.53. The summed E-state index contributed by atoms with van der Waals surface area (Å²) in [5, 5.41) is 12.4. The van der Waals surface area contributed by atoms with Crippen molar-refractivity contribution < 1.29 is 4.42 Å². The van der Waals surface area contributed by atoms with Gasteiger partial charge in [-0.3, -0.25) is 0 Å². The van der Waals surface area contributed by atoms with Gasteiger partial charge >= 0.3 is 0 Å². The minimum absolute atomic E-state index is 0.215. The molecule has 6 heteroatoms. The fourth-order valence-corrected chi connectivity index (χ4v) is 2.27. The maximum atomic E-state index is 5.52. The first-order valence-electron chi connectivity index (χ1n) is 7.52. The molecule has 6 nitrogen and oxygen atoms in total. The maximum Gasteiger partial charge on any atom is 0.242 e. The van der Waals surface area contributed by atoms with Crippen molar-refractivity contribution in [3.05, 3.63) is 47.4 Å². The number of aryl methyl sites for hydroxylation is 2. The van der Waals surface area contributed by atoms with Crippen LogP contribution < -0.4 is 0 Å². The second-order valence-electron chi connectivity index (χ2n) is 5.87. The highest BCUT2D eigenvalue weighted by Gasteiger charge is 2.08. The minimum atomic E-state index is 0.215. The topological polar surface area (TPSA) is 69.6 Å². The van der Waals surface area contributed by atoms with E-state index in [0.29, 0.717) is 17.6 Å². The molecule has 0 bridgehead atoms. The summed E-state index contributed by atoms with van der Waals surface area (Å²) in [4.78, 5) is 4.35. The van der Waals surface area contributed by atoms with E-state index in [2.05, 4.69) is 52.3 Å². The zero-order valence-corrected chi connectivity index (χ0v) is 13.7. The number of hydrogen-bond acceptors (Lipinski definition) is 5. The number of hydrogen-bond donors (Lipinski definition) is 0. The summed E-state index contributed by atoms with van der Waals surface area (Å²) < 4.78 is 7.15. The number of benzene rings is 1. The summed E-state index contributed by atoms with van der Waals surface area (Å²) in [5.41, 5.74) is 3.40. The maximum absolute atomic E-state index is 5.52. The highest BCUT2D eigenvalue weighted by atomic mass is 16.4. The second kappa shape index (κ2) is 6.16. The van der Waals surface area contributed by atoms with Gasteiger partial charge < -0.3 is 4.42 Å². The van der Waals surface area contributed by atoms with Gasteiger partial charge in [0.1, 0.15) is 6.33 Å². The van der Waals surface area contributed by atoms with Gasteiger partial charge in [-0.25, -0.2) is 9.67 Å². The van der Waals surface area contributed by atoms with Gasteiger partial charge in [-0.05, 0) is 26.0 Å². The lowest BCUT2D eigenvalue weighted by molar-refractivity contribution is 0.463. The Balaban J connectivity index is 1.80. The van der Waals surface area contributed by atoms with E-state index in [0.717, 1.165) is 5.56 Å². The van der Waals surface area contributed by atoms with Crippen LogP contribution in [0.3, 0.4) is 0 Å². The molecule has 0 spiro atoms. The molecule has 0 atom stereocenters. The summed E-state index contributed by atoms with van der Waals surface area (Å²) in [6.07, 6.45) is 5.12. The molecule has 2 heterocycles. The highest BCUT2D eigenvalue weighted by molar-refractivity contribution is 5.58. The molecule has 1 aromatic carbocycles. The zero-order valence-electron chi connectivity index (χ0n) is 13.7. The smallest absolute Gasteiger partial charge is 0.242 e. The van der Waals surface area contributed by atoms with Crippen LogP contribution in [0.4, 0.5) is 0 Å². The van der Waals surface area contributed by atoms with E-state index in [1.54, 1.807) is 23.3 Å². The first-order valence-corrected chi connectivity index (χ1v) is 7.52. The molecule has 0 aliphatic carbocycles. The van der Waals surface area contributed by atoms with Crippen molar-refractivity contribution >= 4 is 12.3 Å². The summed E-state index contributed by atoms with van der Waals surface area (Å²) >= 11 is 0. The van der Waals surface area contributed by atoms with Crippen LogP contribution >= 0.6 is 0 Å². The van der Waals surface area contributed by atoms with E-state index in [1.165, 1.54) is 11.1 Å². The lowest BCUT2D eigenvalue weighted by atomic mass is 10.1. The van der Waals surface area contributed by atoms with Crippen molar-refractivity contribution in [1.82, 2.24) is 25.0 Å². The van der Waals surface area contributed by atoms with E-state index in [4.69, 9.17) is 4.42 Å². The van der Waals surface area contributed by atoms with Gasteiger partial charge in [0.15, 0.2) is 5.82 Å². The number of nitrogens with zero attached hydrogens (tertiary/aromatic N) is 5. The van der Waals surface area contributed by atoms with E-state index in [9.17, 15) is 0 Å². The molecule has 3 rings (SSSR count). The molecule has 0 fully saturated rings. The molecule has 0 N–H and O–H groups in total. The molecule has 118 valence electrons.